The molecule has 0 atom stereocenters. The Balaban J connectivity index is 1.99. The first-order chi connectivity index (χ1) is 9.10. The number of H-pyrrole nitrogens is 1. The summed E-state index contributed by atoms with van der Waals surface area (Å²) in [4.78, 5) is 7.62. The zero-order valence-electron chi connectivity index (χ0n) is 11.6. The molecule has 2 aromatic rings. The van der Waals surface area contributed by atoms with Crippen LogP contribution in [-0.4, -0.2) is 19.7 Å². The number of anilines is 1. The zero-order chi connectivity index (χ0) is 13.8. The van der Waals surface area contributed by atoms with Crippen molar-refractivity contribution in [1.82, 2.24) is 19.7 Å². The zero-order valence-corrected chi connectivity index (χ0v) is 12.4. The van der Waals surface area contributed by atoms with Crippen LogP contribution >= 0.6 is 11.6 Å². The fraction of sp³-hybridized carbons (Fsp3) is 0.538. The normalized spacial score (nSPS) is 10.9. The van der Waals surface area contributed by atoms with Gasteiger partial charge in [0.25, 0.3) is 0 Å². The summed E-state index contributed by atoms with van der Waals surface area (Å²) in [5, 5.41) is 8.16. The van der Waals surface area contributed by atoms with Crippen molar-refractivity contribution in [2.75, 3.05) is 5.32 Å². The minimum Gasteiger partial charge on any atom is -0.377 e. The van der Waals surface area contributed by atoms with Crippen LogP contribution in [-0.2, 0) is 20.0 Å². The standard InChI is InChI=1S/C13H20ClN5/c1-4-5-6-12-16-10(13(14)17-12)7-15-11-8-19(3)18-9(11)2/h8,15H,4-7H2,1-3H3,(H,16,17). The molecule has 0 aliphatic carbocycles. The molecule has 2 aromatic heterocycles. The lowest BCUT2D eigenvalue weighted by molar-refractivity contribution is 0.756. The largest absolute Gasteiger partial charge is 0.377 e. The Labute approximate surface area is 118 Å². The lowest BCUT2D eigenvalue weighted by Crippen LogP contribution is -2.01. The average Bonchev–Trinajstić information content (AvgIpc) is 2.87. The fourth-order valence-electron chi connectivity index (χ4n) is 1.98. The third-order valence-electron chi connectivity index (χ3n) is 3.01. The van der Waals surface area contributed by atoms with Crippen LogP contribution in [0.1, 0.15) is 37.0 Å². The molecule has 104 valence electrons. The smallest absolute Gasteiger partial charge is 0.152 e. The summed E-state index contributed by atoms with van der Waals surface area (Å²) in [7, 11) is 1.91. The predicted octanol–water partition coefficient (Wildman–Crippen LogP) is 3.06. The van der Waals surface area contributed by atoms with Crippen molar-refractivity contribution in [2.24, 2.45) is 7.05 Å². The molecule has 0 aliphatic heterocycles. The molecule has 0 fully saturated rings. The van der Waals surface area contributed by atoms with Crippen LogP contribution in [0.2, 0.25) is 5.15 Å². The third kappa shape index (κ3) is 3.50. The highest BCUT2D eigenvalue weighted by Gasteiger charge is 2.09. The number of nitrogens with one attached hydrogen (secondary N) is 2. The summed E-state index contributed by atoms with van der Waals surface area (Å²) in [5.41, 5.74) is 2.92. The first kappa shape index (κ1) is 13.9. The molecule has 0 saturated carbocycles. The van der Waals surface area contributed by atoms with Gasteiger partial charge in [0, 0.05) is 19.7 Å². The number of nitrogens with zero attached hydrogens (tertiary/aromatic N) is 3. The van der Waals surface area contributed by atoms with Crippen molar-refractivity contribution < 1.29 is 0 Å². The van der Waals surface area contributed by atoms with Gasteiger partial charge in [-0.05, 0) is 13.3 Å². The summed E-state index contributed by atoms with van der Waals surface area (Å²) >= 11 is 6.13. The average molecular weight is 282 g/mol. The Morgan fingerprint density at radius 3 is 2.89 bits per heavy atom. The van der Waals surface area contributed by atoms with Crippen molar-refractivity contribution in [3.05, 3.63) is 28.6 Å². The summed E-state index contributed by atoms with van der Waals surface area (Å²) in [6.45, 7) is 4.77. The molecular formula is C13H20ClN5. The summed E-state index contributed by atoms with van der Waals surface area (Å²) in [5.74, 6) is 0.964. The van der Waals surface area contributed by atoms with E-state index >= 15 is 0 Å². The maximum atomic E-state index is 6.13. The molecule has 0 saturated heterocycles. The maximum absolute atomic E-state index is 6.13. The van der Waals surface area contributed by atoms with Gasteiger partial charge in [0.05, 0.1) is 23.6 Å². The molecule has 0 bridgehead atoms. The van der Waals surface area contributed by atoms with Crippen LogP contribution in [0.3, 0.4) is 0 Å². The van der Waals surface area contributed by atoms with E-state index < -0.39 is 0 Å². The molecule has 0 radical (unpaired) electrons. The van der Waals surface area contributed by atoms with Gasteiger partial charge in [-0.15, -0.1) is 0 Å². The van der Waals surface area contributed by atoms with Crippen molar-refractivity contribution in [3.8, 4) is 0 Å². The second kappa shape index (κ2) is 6.10. The number of hydrogen-bond donors (Lipinski definition) is 2. The van der Waals surface area contributed by atoms with E-state index in [1.54, 1.807) is 4.68 Å². The highest BCUT2D eigenvalue weighted by molar-refractivity contribution is 6.30. The Morgan fingerprint density at radius 1 is 1.47 bits per heavy atom. The van der Waals surface area contributed by atoms with E-state index in [-0.39, 0.29) is 0 Å². The number of rotatable bonds is 6. The highest BCUT2D eigenvalue weighted by Crippen LogP contribution is 2.17. The first-order valence-electron chi connectivity index (χ1n) is 6.57. The molecule has 0 unspecified atom stereocenters. The van der Waals surface area contributed by atoms with E-state index in [9.17, 15) is 0 Å². The molecule has 5 nitrogen and oxygen atoms in total. The van der Waals surface area contributed by atoms with Crippen LogP contribution in [0.4, 0.5) is 5.69 Å². The number of hydrogen-bond acceptors (Lipinski definition) is 3. The van der Waals surface area contributed by atoms with Gasteiger partial charge in [-0.2, -0.15) is 5.10 Å². The van der Waals surface area contributed by atoms with Crippen LogP contribution in [0, 0.1) is 6.92 Å². The predicted molar refractivity (Wildman–Crippen MR) is 77.5 cm³/mol. The van der Waals surface area contributed by atoms with Crippen molar-refractivity contribution in [2.45, 2.75) is 39.7 Å². The van der Waals surface area contributed by atoms with Gasteiger partial charge in [-0.3, -0.25) is 4.68 Å². The molecule has 19 heavy (non-hydrogen) atoms. The Hall–Kier alpha value is -1.49. The highest BCUT2D eigenvalue weighted by atomic mass is 35.5. The van der Waals surface area contributed by atoms with E-state index in [0.717, 1.165) is 42.2 Å². The van der Waals surface area contributed by atoms with Gasteiger partial charge in [0.15, 0.2) is 5.15 Å². The Bertz CT molecular complexity index is 543. The van der Waals surface area contributed by atoms with Crippen molar-refractivity contribution in [3.63, 3.8) is 0 Å². The van der Waals surface area contributed by atoms with Gasteiger partial charge < -0.3 is 10.3 Å². The molecular weight excluding hydrogens is 262 g/mol. The van der Waals surface area contributed by atoms with E-state index in [1.807, 2.05) is 20.2 Å². The van der Waals surface area contributed by atoms with E-state index in [2.05, 4.69) is 27.3 Å². The maximum Gasteiger partial charge on any atom is 0.152 e. The Morgan fingerprint density at radius 2 is 2.26 bits per heavy atom. The third-order valence-corrected chi connectivity index (χ3v) is 3.33. The van der Waals surface area contributed by atoms with Crippen molar-refractivity contribution in [1.29, 1.82) is 0 Å². The van der Waals surface area contributed by atoms with Crippen LogP contribution < -0.4 is 5.32 Å². The number of aromatic nitrogens is 4. The number of imidazole rings is 1. The minimum absolute atomic E-state index is 0.556. The minimum atomic E-state index is 0.556. The van der Waals surface area contributed by atoms with E-state index in [0.29, 0.717) is 11.7 Å². The van der Waals surface area contributed by atoms with Crippen LogP contribution in [0.25, 0.3) is 0 Å². The SMILES string of the molecule is CCCCc1nc(Cl)c(CNc2cn(C)nc2C)[nH]1. The summed E-state index contributed by atoms with van der Waals surface area (Å²) in [6, 6.07) is 0. The van der Waals surface area contributed by atoms with E-state index in [4.69, 9.17) is 11.6 Å². The van der Waals surface area contributed by atoms with Crippen molar-refractivity contribution >= 4 is 17.3 Å². The molecule has 2 N–H and O–H groups in total. The number of aryl methyl sites for hydroxylation is 3. The lowest BCUT2D eigenvalue weighted by Gasteiger charge is -2.02. The number of aromatic amines is 1. The second-order valence-corrected chi connectivity index (χ2v) is 5.07. The van der Waals surface area contributed by atoms with Gasteiger partial charge in [0.1, 0.15) is 5.82 Å². The van der Waals surface area contributed by atoms with Gasteiger partial charge in [0.2, 0.25) is 0 Å². The quantitative estimate of drug-likeness (QED) is 0.855. The molecule has 0 aromatic carbocycles. The molecule has 2 rings (SSSR count). The molecule has 0 amide bonds. The molecule has 6 heteroatoms. The van der Waals surface area contributed by atoms with Crippen LogP contribution in [0.5, 0.6) is 0 Å². The fourth-order valence-corrected chi connectivity index (χ4v) is 2.19. The molecule has 0 spiro atoms. The summed E-state index contributed by atoms with van der Waals surface area (Å²) in [6.07, 6.45) is 5.18. The monoisotopic (exact) mass is 281 g/mol. The Kier molecular flexibility index (Phi) is 4.47. The first-order valence-corrected chi connectivity index (χ1v) is 6.95. The van der Waals surface area contributed by atoms with E-state index in [1.165, 1.54) is 0 Å². The summed E-state index contributed by atoms with van der Waals surface area (Å²) < 4.78 is 1.79. The molecule has 2 heterocycles. The van der Waals surface area contributed by atoms with Gasteiger partial charge >= 0.3 is 0 Å². The lowest BCUT2D eigenvalue weighted by atomic mass is 10.2. The van der Waals surface area contributed by atoms with Gasteiger partial charge in [-0.25, -0.2) is 4.98 Å². The van der Waals surface area contributed by atoms with Crippen LogP contribution in [0.15, 0.2) is 6.20 Å². The topological polar surface area (TPSA) is 58.5 Å². The van der Waals surface area contributed by atoms with Gasteiger partial charge in [-0.1, -0.05) is 24.9 Å². The molecule has 0 aliphatic rings. The number of halogens is 1. The number of unbranched alkanes of at least 4 members (excludes halogenated alkanes) is 1. The second-order valence-electron chi connectivity index (χ2n) is 4.71.